The van der Waals surface area contributed by atoms with E-state index in [9.17, 15) is 4.79 Å². The van der Waals surface area contributed by atoms with Gasteiger partial charge in [-0.15, -0.1) is 0 Å². The molecule has 1 aromatic heterocycles. The van der Waals surface area contributed by atoms with Crippen molar-refractivity contribution in [2.75, 3.05) is 23.8 Å². The first-order chi connectivity index (χ1) is 14.6. The molecule has 0 fully saturated rings. The Bertz CT molecular complexity index is 971. The normalized spacial score (nSPS) is 10.5. The second-order valence-electron chi connectivity index (χ2n) is 6.59. The largest absolute Gasteiger partial charge is 0.490 e. The average molecular weight is 410 g/mol. The summed E-state index contributed by atoms with van der Waals surface area (Å²) in [5.74, 6) is 1.45. The second-order valence-corrected chi connectivity index (χ2v) is 6.59. The zero-order valence-electron chi connectivity index (χ0n) is 17.4. The molecule has 2 aromatic carbocycles. The maximum atomic E-state index is 12.2. The number of rotatable bonds is 10. The summed E-state index contributed by atoms with van der Waals surface area (Å²) in [7, 11) is 0. The van der Waals surface area contributed by atoms with Crippen molar-refractivity contribution in [2.24, 2.45) is 0 Å². The summed E-state index contributed by atoms with van der Waals surface area (Å²) in [5, 5.41) is 17.5. The van der Waals surface area contributed by atoms with E-state index in [0.717, 1.165) is 16.8 Å². The van der Waals surface area contributed by atoms with Gasteiger partial charge in [0.15, 0.2) is 18.1 Å². The Hall–Kier alpha value is -3.62. The molecule has 30 heavy (non-hydrogen) atoms. The topological polar surface area (TPSA) is 103 Å². The van der Waals surface area contributed by atoms with Gasteiger partial charge < -0.3 is 20.1 Å². The van der Waals surface area contributed by atoms with Crippen molar-refractivity contribution in [3.8, 4) is 11.5 Å². The van der Waals surface area contributed by atoms with E-state index in [1.165, 1.54) is 0 Å². The van der Waals surface area contributed by atoms with Gasteiger partial charge in [0.05, 0.1) is 6.61 Å². The molecule has 1 heterocycles. The molecule has 3 rings (SSSR count). The van der Waals surface area contributed by atoms with Crippen LogP contribution >= 0.6 is 0 Å². The number of aromatic nitrogens is 4. The van der Waals surface area contributed by atoms with Gasteiger partial charge in [0.25, 0.3) is 5.91 Å². The molecule has 0 aliphatic rings. The van der Waals surface area contributed by atoms with Crippen LogP contribution in [0.4, 0.5) is 11.6 Å². The fraction of sp³-hybridized carbons (Fsp3) is 0.333. The Morgan fingerprint density at radius 2 is 1.87 bits per heavy atom. The third-order valence-corrected chi connectivity index (χ3v) is 4.28. The molecular formula is C21H26N6O3. The summed E-state index contributed by atoms with van der Waals surface area (Å²) in [5.41, 5.74) is 2.84. The van der Waals surface area contributed by atoms with Gasteiger partial charge in [-0.3, -0.25) is 4.79 Å². The lowest BCUT2D eigenvalue weighted by Gasteiger charge is -2.14. The maximum absolute atomic E-state index is 12.2. The summed E-state index contributed by atoms with van der Waals surface area (Å²) < 4.78 is 13.1. The van der Waals surface area contributed by atoms with Crippen molar-refractivity contribution < 1.29 is 14.3 Å². The molecule has 0 atom stereocenters. The minimum absolute atomic E-state index is 0.114. The molecule has 9 nitrogen and oxygen atoms in total. The smallest absolute Gasteiger partial charge is 0.262 e. The Morgan fingerprint density at radius 3 is 2.60 bits per heavy atom. The first kappa shape index (κ1) is 21.1. The predicted molar refractivity (Wildman–Crippen MR) is 114 cm³/mol. The minimum atomic E-state index is -0.238. The molecule has 0 aliphatic heterocycles. The molecule has 0 spiro atoms. The Labute approximate surface area is 175 Å². The zero-order chi connectivity index (χ0) is 21.3. The van der Waals surface area contributed by atoms with Crippen molar-refractivity contribution in [3.63, 3.8) is 0 Å². The number of anilines is 2. The van der Waals surface area contributed by atoms with Crippen LogP contribution in [0.5, 0.6) is 11.5 Å². The minimum Gasteiger partial charge on any atom is -0.490 e. The summed E-state index contributed by atoms with van der Waals surface area (Å²) in [6.07, 6.45) is 0. The van der Waals surface area contributed by atoms with Crippen LogP contribution in [0.2, 0.25) is 0 Å². The first-order valence-electron chi connectivity index (χ1n) is 9.84. The molecule has 1 amide bonds. The summed E-state index contributed by atoms with van der Waals surface area (Å²) in [4.78, 5) is 12.2. The SMILES string of the molecule is CCOc1cc(CNc2nnnn2CC)ccc1OCC(=O)Nc1ccc(C)cc1. The van der Waals surface area contributed by atoms with E-state index >= 15 is 0 Å². The van der Waals surface area contributed by atoms with Crippen LogP contribution in [-0.2, 0) is 17.9 Å². The number of benzene rings is 2. The van der Waals surface area contributed by atoms with E-state index in [1.54, 1.807) is 10.7 Å². The van der Waals surface area contributed by atoms with Crippen LogP contribution in [0.15, 0.2) is 42.5 Å². The lowest BCUT2D eigenvalue weighted by atomic mass is 10.2. The van der Waals surface area contributed by atoms with Crippen LogP contribution < -0.4 is 20.1 Å². The van der Waals surface area contributed by atoms with Crippen LogP contribution in [0, 0.1) is 6.92 Å². The van der Waals surface area contributed by atoms with Gasteiger partial charge in [-0.25, -0.2) is 4.68 Å². The number of tetrazole rings is 1. The number of carbonyl (C=O) groups is 1. The summed E-state index contributed by atoms with van der Waals surface area (Å²) in [6, 6.07) is 13.2. The van der Waals surface area contributed by atoms with Gasteiger partial charge in [-0.2, -0.15) is 0 Å². The fourth-order valence-corrected chi connectivity index (χ4v) is 2.75. The van der Waals surface area contributed by atoms with E-state index < -0.39 is 0 Å². The highest BCUT2D eigenvalue weighted by Gasteiger charge is 2.11. The lowest BCUT2D eigenvalue weighted by molar-refractivity contribution is -0.118. The number of ether oxygens (including phenoxy) is 2. The number of hydrogen-bond acceptors (Lipinski definition) is 7. The molecule has 0 unspecified atom stereocenters. The van der Waals surface area contributed by atoms with Crippen LogP contribution in [0.3, 0.4) is 0 Å². The molecule has 0 aliphatic carbocycles. The summed E-state index contributed by atoms with van der Waals surface area (Å²) in [6.45, 7) is 7.43. The molecule has 158 valence electrons. The highest BCUT2D eigenvalue weighted by molar-refractivity contribution is 5.91. The van der Waals surface area contributed by atoms with Gasteiger partial charge in [-0.1, -0.05) is 28.9 Å². The van der Waals surface area contributed by atoms with Crippen LogP contribution in [0.25, 0.3) is 0 Å². The van der Waals surface area contributed by atoms with Crippen molar-refractivity contribution in [3.05, 3.63) is 53.6 Å². The van der Waals surface area contributed by atoms with E-state index in [4.69, 9.17) is 9.47 Å². The molecule has 2 N–H and O–H groups in total. The third-order valence-electron chi connectivity index (χ3n) is 4.28. The van der Waals surface area contributed by atoms with Gasteiger partial charge in [-0.05, 0) is 61.0 Å². The maximum Gasteiger partial charge on any atom is 0.262 e. The molecule has 0 radical (unpaired) electrons. The number of aryl methyl sites for hydroxylation is 2. The molecule has 9 heteroatoms. The monoisotopic (exact) mass is 410 g/mol. The molecular weight excluding hydrogens is 384 g/mol. The first-order valence-corrected chi connectivity index (χ1v) is 9.84. The van der Waals surface area contributed by atoms with Crippen LogP contribution in [0.1, 0.15) is 25.0 Å². The van der Waals surface area contributed by atoms with Gasteiger partial charge in [0.1, 0.15) is 0 Å². The van der Waals surface area contributed by atoms with E-state index in [1.807, 2.05) is 57.2 Å². The standard InChI is InChI=1S/C21H26N6O3/c1-4-27-21(24-25-26-27)22-13-16-8-11-18(19(12-16)29-5-2)30-14-20(28)23-17-9-6-15(3)7-10-17/h6-12H,4-5,13-14H2,1-3H3,(H,23,28)(H,22,24,26). The van der Waals surface area contributed by atoms with Crippen LogP contribution in [-0.4, -0.2) is 39.3 Å². The number of amides is 1. The molecule has 0 saturated carbocycles. The van der Waals surface area contributed by atoms with E-state index in [2.05, 4.69) is 26.2 Å². The Balaban J connectivity index is 1.60. The van der Waals surface area contributed by atoms with Gasteiger partial charge in [0.2, 0.25) is 5.95 Å². The quantitative estimate of drug-likeness (QED) is 0.529. The highest BCUT2D eigenvalue weighted by Crippen LogP contribution is 2.29. The van der Waals surface area contributed by atoms with E-state index in [0.29, 0.717) is 37.1 Å². The molecule has 3 aromatic rings. The fourth-order valence-electron chi connectivity index (χ4n) is 2.75. The Morgan fingerprint density at radius 1 is 1.07 bits per heavy atom. The second kappa shape index (κ2) is 10.2. The average Bonchev–Trinajstić information content (AvgIpc) is 3.21. The van der Waals surface area contributed by atoms with E-state index in [-0.39, 0.29) is 12.5 Å². The van der Waals surface area contributed by atoms with Crippen molar-refractivity contribution in [2.45, 2.75) is 33.9 Å². The number of nitrogens with zero attached hydrogens (tertiary/aromatic N) is 4. The zero-order valence-corrected chi connectivity index (χ0v) is 17.4. The molecule has 0 bridgehead atoms. The summed E-state index contributed by atoms with van der Waals surface area (Å²) >= 11 is 0. The number of hydrogen-bond donors (Lipinski definition) is 2. The number of nitrogens with one attached hydrogen (secondary N) is 2. The van der Waals surface area contributed by atoms with Crippen molar-refractivity contribution >= 4 is 17.5 Å². The van der Waals surface area contributed by atoms with Gasteiger partial charge in [0, 0.05) is 18.8 Å². The third kappa shape index (κ3) is 5.69. The predicted octanol–water partition coefficient (Wildman–Crippen LogP) is 3.03. The molecule has 0 saturated heterocycles. The van der Waals surface area contributed by atoms with Crippen molar-refractivity contribution in [1.29, 1.82) is 0 Å². The Kier molecular flexibility index (Phi) is 7.20. The lowest BCUT2D eigenvalue weighted by Crippen LogP contribution is -2.20. The number of carbonyl (C=O) groups excluding carboxylic acids is 1. The van der Waals surface area contributed by atoms with Gasteiger partial charge >= 0.3 is 0 Å². The van der Waals surface area contributed by atoms with Crippen molar-refractivity contribution in [1.82, 2.24) is 20.2 Å². The highest BCUT2D eigenvalue weighted by atomic mass is 16.5.